The molecule has 0 bridgehead atoms. The van der Waals surface area contributed by atoms with Crippen molar-refractivity contribution < 1.29 is 9.84 Å². The molecule has 0 amide bonds. The number of hydrogen-bond donors (Lipinski definition) is 1. The first-order chi connectivity index (χ1) is 7.78. The zero-order chi connectivity index (χ0) is 11.4. The zero-order valence-electron chi connectivity index (χ0n) is 8.30. The Morgan fingerprint density at radius 2 is 1.94 bits per heavy atom. The van der Waals surface area contributed by atoms with Gasteiger partial charge in [-0.1, -0.05) is 11.6 Å². The molecule has 2 rings (SSSR count). The number of benzene rings is 1. The molecule has 82 valence electrons. The lowest BCUT2D eigenvalue weighted by molar-refractivity contribution is 0.274. The summed E-state index contributed by atoms with van der Waals surface area (Å²) in [4.78, 5) is 7.94. The SMILES string of the molecule is OCc1cncc(Oc2ccc(Cl)cc2)n1. The van der Waals surface area contributed by atoms with Crippen molar-refractivity contribution in [3.63, 3.8) is 0 Å². The highest BCUT2D eigenvalue weighted by Gasteiger charge is 2.00. The normalized spacial score (nSPS) is 10.1. The highest BCUT2D eigenvalue weighted by atomic mass is 35.5. The van der Waals surface area contributed by atoms with Crippen LogP contribution in [0.2, 0.25) is 5.02 Å². The van der Waals surface area contributed by atoms with Crippen LogP contribution in [0.3, 0.4) is 0 Å². The van der Waals surface area contributed by atoms with Gasteiger partial charge < -0.3 is 9.84 Å². The molecule has 0 aliphatic carbocycles. The molecule has 2 aromatic rings. The molecule has 0 aliphatic rings. The summed E-state index contributed by atoms with van der Waals surface area (Å²) in [5.74, 6) is 0.961. The Balaban J connectivity index is 2.16. The lowest BCUT2D eigenvalue weighted by atomic mass is 10.3. The standard InChI is InChI=1S/C11H9ClN2O2/c12-8-1-3-10(4-2-8)16-11-6-13-5-9(7-15)14-11/h1-6,15H,7H2. The fraction of sp³-hybridized carbons (Fsp3) is 0.0909. The van der Waals surface area contributed by atoms with Gasteiger partial charge in [0.2, 0.25) is 5.88 Å². The summed E-state index contributed by atoms with van der Waals surface area (Å²) >= 11 is 5.75. The van der Waals surface area contributed by atoms with E-state index >= 15 is 0 Å². The molecule has 1 aromatic carbocycles. The van der Waals surface area contributed by atoms with Gasteiger partial charge in [-0.05, 0) is 24.3 Å². The molecule has 0 spiro atoms. The number of rotatable bonds is 3. The fourth-order valence-electron chi connectivity index (χ4n) is 1.14. The zero-order valence-corrected chi connectivity index (χ0v) is 9.05. The third-order valence-corrected chi connectivity index (χ3v) is 2.11. The predicted octanol–water partition coefficient (Wildman–Crippen LogP) is 2.41. The van der Waals surface area contributed by atoms with E-state index in [2.05, 4.69) is 9.97 Å². The first kappa shape index (κ1) is 10.9. The molecule has 16 heavy (non-hydrogen) atoms. The van der Waals surface area contributed by atoms with E-state index in [1.807, 2.05) is 0 Å². The van der Waals surface area contributed by atoms with Crippen molar-refractivity contribution in [1.29, 1.82) is 0 Å². The van der Waals surface area contributed by atoms with Gasteiger partial charge in [0.1, 0.15) is 5.75 Å². The van der Waals surface area contributed by atoms with Crippen molar-refractivity contribution in [3.05, 3.63) is 47.4 Å². The summed E-state index contributed by atoms with van der Waals surface area (Å²) in [6.07, 6.45) is 2.96. The van der Waals surface area contributed by atoms with Crippen LogP contribution in [-0.2, 0) is 6.61 Å². The summed E-state index contributed by atoms with van der Waals surface area (Å²) in [6, 6.07) is 6.91. The van der Waals surface area contributed by atoms with Crippen LogP contribution in [0.1, 0.15) is 5.69 Å². The van der Waals surface area contributed by atoms with Gasteiger partial charge in [-0.25, -0.2) is 4.98 Å². The Kier molecular flexibility index (Phi) is 3.34. The molecule has 0 radical (unpaired) electrons. The molecule has 0 unspecified atom stereocenters. The molecule has 0 aliphatic heterocycles. The van der Waals surface area contributed by atoms with E-state index in [9.17, 15) is 0 Å². The van der Waals surface area contributed by atoms with Crippen LogP contribution in [0.5, 0.6) is 11.6 Å². The average molecular weight is 237 g/mol. The van der Waals surface area contributed by atoms with Gasteiger partial charge in [-0.3, -0.25) is 4.98 Å². The van der Waals surface area contributed by atoms with Gasteiger partial charge in [-0.2, -0.15) is 0 Å². The van der Waals surface area contributed by atoms with Crippen LogP contribution in [0.25, 0.3) is 0 Å². The van der Waals surface area contributed by atoms with Gasteiger partial charge in [0.15, 0.2) is 0 Å². The van der Waals surface area contributed by atoms with Gasteiger partial charge >= 0.3 is 0 Å². The number of ether oxygens (including phenoxy) is 1. The molecule has 5 heteroatoms. The predicted molar refractivity (Wildman–Crippen MR) is 59.5 cm³/mol. The minimum Gasteiger partial charge on any atom is -0.437 e. The summed E-state index contributed by atoms with van der Waals surface area (Å²) in [7, 11) is 0. The van der Waals surface area contributed by atoms with E-state index in [-0.39, 0.29) is 6.61 Å². The Morgan fingerprint density at radius 3 is 2.62 bits per heavy atom. The molecular weight excluding hydrogens is 228 g/mol. The van der Waals surface area contributed by atoms with Gasteiger partial charge in [0.05, 0.1) is 24.7 Å². The molecule has 0 fully saturated rings. The third-order valence-electron chi connectivity index (χ3n) is 1.86. The van der Waals surface area contributed by atoms with Crippen molar-refractivity contribution in [3.8, 4) is 11.6 Å². The summed E-state index contributed by atoms with van der Waals surface area (Å²) < 4.78 is 5.43. The van der Waals surface area contributed by atoms with Crippen LogP contribution in [0, 0.1) is 0 Å². The Morgan fingerprint density at radius 1 is 1.19 bits per heavy atom. The number of hydrogen-bond acceptors (Lipinski definition) is 4. The number of aliphatic hydroxyl groups excluding tert-OH is 1. The highest BCUT2D eigenvalue weighted by Crippen LogP contribution is 2.20. The second-order valence-corrected chi connectivity index (χ2v) is 3.50. The molecule has 0 atom stereocenters. The summed E-state index contributed by atoms with van der Waals surface area (Å²) in [5, 5.41) is 9.53. The third kappa shape index (κ3) is 2.68. The smallest absolute Gasteiger partial charge is 0.238 e. The fourth-order valence-corrected chi connectivity index (χ4v) is 1.26. The van der Waals surface area contributed by atoms with Crippen molar-refractivity contribution in [2.75, 3.05) is 0 Å². The average Bonchev–Trinajstić information content (AvgIpc) is 2.32. The lowest BCUT2D eigenvalue weighted by Gasteiger charge is -2.04. The van der Waals surface area contributed by atoms with E-state index in [0.29, 0.717) is 22.3 Å². The van der Waals surface area contributed by atoms with E-state index < -0.39 is 0 Å². The van der Waals surface area contributed by atoms with E-state index in [4.69, 9.17) is 21.4 Å². The first-order valence-corrected chi connectivity index (χ1v) is 5.01. The molecule has 4 nitrogen and oxygen atoms in total. The number of aromatic nitrogens is 2. The maximum Gasteiger partial charge on any atom is 0.238 e. The Hall–Kier alpha value is -1.65. The second-order valence-electron chi connectivity index (χ2n) is 3.06. The van der Waals surface area contributed by atoms with E-state index in [1.165, 1.54) is 12.4 Å². The van der Waals surface area contributed by atoms with Crippen molar-refractivity contribution in [2.45, 2.75) is 6.61 Å². The second kappa shape index (κ2) is 4.92. The molecule has 0 saturated heterocycles. The molecule has 1 N–H and O–H groups in total. The monoisotopic (exact) mass is 236 g/mol. The Labute approximate surface area is 97.5 Å². The maximum atomic E-state index is 8.89. The minimum atomic E-state index is -0.162. The van der Waals surface area contributed by atoms with Gasteiger partial charge in [0.25, 0.3) is 0 Å². The topological polar surface area (TPSA) is 55.2 Å². The van der Waals surface area contributed by atoms with Crippen LogP contribution in [-0.4, -0.2) is 15.1 Å². The van der Waals surface area contributed by atoms with Gasteiger partial charge in [-0.15, -0.1) is 0 Å². The van der Waals surface area contributed by atoms with Crippen molar-refractivity contribution in [1.82, 2.24) is 9.97 Å². The van der Waals surface area contributed by atoms with Crippen LogP contribution >= 0.6 is 11.6 Å². The van der Waals surface area contributed by atoms with Crippen LogP contribution in [0.15, 0.2) is 36.7 Å². The van der Waals surface area contributed by atoms with E-state index in [1.54, 1.807) is 24.3 Å². The lowest BCUT2D eigenvalue weighted by Crippen LogP contribution is -1.94. The summed E-state index contributed by atoms with van der Waals surface area (Å²) in [5.41, 5.74) is 0.464. The molecule has 1 aromatic heterocycles. The van der Waals surface area contributed by atoms with Crippen LogP contribution < -0.4 is 4.74 Å². The first-order valence-electron chi connectivity index (χ1n) is 4.63. The highest BCUT2D eigenvalue weighted by molar-refractivity contribution is 6.30. The largest absolute Gasteiger partial charge is 0.437 e. The van der Waals surface area contributed by atoms with Crippen molar-refractivity contribution >= 4 is 11.6 Å². The molecular formula is C11H9ClN2O2. The maximum absolute atomic E-state index is 8.89. The summed E-state index contributed by atoms with van der Waals surface area (Å²) in [6.45, 7) is -0.162. The van der Waals surface area contributed by atoms with E-state index in [0.717, 1.165) is 0 Å². The minimum absolute atomic E-state index is 0.162. The molecule has 1 heterocycles. The quantitative estimate of drug-likeness (QED) is 0.889. The number of nitrogens with zero attached hydrogens (tertiary/aromatic N) is 2. The molecule has 0 saturated carbocycles. The number of halogens is 1. The van der Waals surface area contributed by atoms with Crippen LogP contribution in [0.4, 0.5) is 0 Å². The number of aliphatic hydroxyl groups is 1. The van der Waals surface area contributed by atoms with Gasteiger partial charge in [0, 0.05) is 5.02 Å². The Bertz CT molecular complexity index is 474. The van der Waals surface area contributed by atoms with Crippen molar-refractivity contribution in [2.24, 2.45) is 0 Å².